The van der Waals surface area contributed by atoms with Crippen LogP contribution in [-0.2, 0) is 13.1 Å². The average molecular weight is 409 g/mol. The van der Waals surface area contributed by atoms with Gasteiger partial charge in [0.15, 0.2) is 0 Å². The molecule has 0 atom stereocenters. The van der Waals surface area contributed by atoms with Gasteiger partial charge in [0.25, 0.3) is 5.91 Å². The van der Waals surface area contributed by atoms with Crippen molar-refractivity contribution in [3.8, 4) is 10.6 Å². The summed E-state index contributed by atoms with van der Waals surface area (Å²) in [4.78, 5) is 19.9. The first kappa shape index (κ1) is 18.6. The molecule has 5 nitrogen and oxygen atoms in total. The van der Waals surface area contributed by atoms with Crippen molar-refractivity contribution < 1.29 is 4.79 Å². The quantitative estimate of drug-likeness (QED) is 0.465. The molecule has 3 aromatic heterocycles. The van der Waals surface area contributed by atoms with Gasteiger partial charge in [0.05, 0.1) is 18.4 Å². The van der Waals surface area contributed by atoms with Gasteiger partial charge in [-0.25, -0.2) is 4.98 Å². The standard InChI is InChI=1S/C21H20N4OS2/c1-15-19(28-20(23-15)18-8-9-27-14-18)21(26)24(2)11-17-10-22-25(13-17)12-16-6-4-3-5-7-16/h3-10,13-14H,11-12H2,1-2H3. The number of benzene rings is 1. The minimum absolute atomic E-state index is 0.00714. The highest BCUT2D eigenvalue weighted by molar-refractivity contribution is 7.17. The number of thiazole rings is 1. The van der Waals surface area contributed by atoms with Crippen LogP contribution in [0.2, 0.25) is 0 Å². The molecular formula is C21H20N4OS2. The molecule has 0 N–H and O–H groups in total. The third-order valence-electron chi connectivity index (χ3n) is 4.40. The first-order chi connectivity index (χ1) is 13.6. The van der Waals surface area contributed by atoms with E-state index in [1.165, 1.54) is 16.9 Å². The summed E-state index contributed by atoms with van der Waals surface area (Å²) in [5, 5.41) is 9.39. The molecule has 1 amide bonds. The van der Waals surface area contributed by atoms with Crippen molar-refractivity contribution in [3.63, 3.8) is 0 Å². The van der Waals surface area contributed by atoms with Crippen LogP contribution in [0.1, 0.15) is 26.5 Å². The van der Waals surface area contributed by atoms with Crippen LogP contribution >= 0.6 is 22.7 Å². The van der Waals surface area contributed by atoms with Gasteiger partial charge in [-0.2, -0.15) is 16.4 Å². The fourth-order valence-corrected chi connectivity index (χ4v) is 4.74. The Kier molecular flexibility index (Phi) is 5.36. The second-order valence-electron chi connectivity index (χ2n) is 6.64. The van der Waals surface area contributed by atoms with Crippen LogP contribution in [0.3, 0.4) is 0 Å². The van der Waals surface area contributed by atoms with Gasteiger partial charge in [-0.15, -0.1) is 11.3 Å². The molecule has 0 fully saturated rings. The molecule has 4 aromatic rings. The van der Waals surface area contributed by atoms with Gasteiger partial charge in [0.1, 0.15) is 9.88 Å². The molecular weight excluding hydrogens is 388 g/mol. The number of nitrogens with zero attached hydrogens (tertiary/aromatic N) is 4. The Bertz CT molecular complexity index is 1070. The Morgan fingerprint density at radius 3 is 2.75 bits per heavy atom. The lowest BCUT2D eigenvalue weighted by Gasteiger charge is -2.15. The zero-order chi connectivity index (χ0) is 19.5. The fraction of sp³-hybridized carbons (Fsp3) is 0.190. The van der Waals surface area contributed by atoms with Crippen molar-refractivity contribution in [1.82, 2.24) is 19.7 Å². The molecule has 0 aliphatic carbocycles. The lowest BCUT2D eigenvalue weighted by Crippen LogP contribution is -2.25. The summed E-state index contributed by atoms with van der Waals surface area (Å²) < 4.78 is 1.90. The van der Waals surface area contributed by atoms with Crippen LogP contribution in [0.4, 0.5) is 0 Å². The summed E-state index contributed by atoms with van der Waals surface area (Å²) >= 11 is 3.09. The van der Waals surface area contributed by atoms with Crippen molar-refractivity contribution in [2.75, 3.05) is 7.05 Å². The Hall–Kier alpha value is -2.77. The Balaban J connectivity index is 1.44. The highest BCUT2D eigenvalue weighted by Gasteiger charge is 2.20. The van der Waals surface area contributed by atoms with Crippen LogP contribution < -0.4 is 0 Å². The summed E-state index contributed by atoms with van der Waals surface area (Å²) in [5.74, 6) is -0.00714. The highest BCUT2D eigenvalue weighted by Crippen LogP contribution is 2.30. The highest BCUT2D eigenvalue weighted by atomic mass is 32.1. The first-order valence-corrected chi connectivity index (χ1v) is 10.7. The zero-order valence-electron chi connectivity index (χ0n) is 15.7. The summed E-state index contributed by atoms with van der Waals surface area (Å²) in [6.07, 6.45) is 3.82. The number of hydrogen-bond acceptors (Lipinski definition) is 5. The number of rotatable bonds is 6. The monoisotopic (exact) mass is 408 g/mol. The van der Waals surface area contributed by atoms with Gasteiger partial charge < -0.3 is 4.90 Å². The molecule has 7 heteroatoms. The van der Waals surface area contributed by atoms with Crippen LogP contribution in [0.5, 0.6) is 0 Å². The van der Waals surface area contributed by atoms with Gasteiger partial charge in [-0.05, 0) is 23.9 Å². The number of aryl methyl sites for hydroxylation is 1. The predicted octanol–water partition coefficient (Wildman–Crippen LogP) is 4.70. The smallest absolute Gasteiger partial charge is 0.265 e. The van der Waals surface area contributed by atoms with E-state index in [1.807, 2.05) is 60.7 Å². The van der Waals surface area contributed by atoms with E-state index >= 15 is 0 Å². The number of hydrogen-bond donors (Lipinski definition) is 0. The Morgan fingerprint density at radius 2 is 2.00 bits per heavy atom. The van der Waals surface area contributed by atoms with Crippen molar-refractivity contribution in [1.29, 1.82) is 0 Å². The van der Waals surface area contributed by atoms with Crippen molar-refractivity contribution in [2.24, 2.45) is 0 Å². The molecule has 0 unspecified atom stereocenters. The molecule has 28 heavy (non-hydrogen) atoms. The predicted molar refractivity (Wildman–Crippen MR) is 114 cm³/mol. The number of aromatic nitrogens is 3. The van der Waals surface area contributed by atoms with E-state index in [0.717, 1.165) is 28.4 Å². The lowest BCUT2D eigenvalue weighted by molar-refractivity contribution is 0.0789. The number of carbonyl (C=O) groups excluding carboxylic acids is 1. The van der Waals surface area contributed by atoms with E-state index in [0.29, 0.717) is 11.4 Å². The lowest BCUT2D eigenvalue weighted by atomic mass is 10.2. The summed E-state index contributed by atoms with van der Waals surface area (Å²) in [6.45, 7) is 3.13. The maximum Gasteiger partial charge on any atom is 0.265 e. The Morgan fingerprint density at radius 1 is 1.18 bits per heavy atom. The summed E-state index contributed by atoms with van der Waals surface area (Å²) in [5.41, 5.74) is 4.06. The van der Waals surface area contributed by atoms with E-state index in [-0.39, 0.29) is 5.91 Å². The second-order valence-corrected chi connectivity index (χ2v) is 8.42. The molecule has 0 bridgehead atoms. The van der Waals surface area contributed by atoms with Crippen LogP contribution in [-0.4, -0.2) is 32.6 Å². The molecule has 0 aliphatic rings. The van der Waals surface area contributed by atoms with Crippen LogP contribution in [0.15, 0.2) is 59.6 Å². The van der Waals surface area contributed by atoms with E-state index in [1.54, 1.807) is 16.2 Å². The summed E-state index contributed by atoms with van der Waals surface area (Å²) in [6, 6.07) is 12.2. The topological polar surface area (TPSA) is 51.0 Å². The minimum Gasteiger partial charge on any atom is -0.337 e. The molecule has 0 saturated carbocycles. The molecule has 4 rings (SSSR count). The van der Waals surface area contributed by atoms with Gasteiger partial charge in [-0.3, -0.25) is 9.48 Å². The first-order valence-electron chi connectivity index (χ1n) is 8.91. The maximum absolute atomic E-state index is 12.9. The molecule has 0 aliphatic heterocycles. The zero-order valence-corrected chi connectivity index (χ0v) is 17.3. The van der Waals surface area contributed by atoms with Crippen LogP contribution in [0, 0.1) is 6.92 Å². The largest absolute Gasteiger partial charge is 0.337 e. The van der Waals surface area contributed by atoms with Gasteiger partial charge in [-0.1, -0.05) is 30.3 Å². The fourth-order valence-electron chi connectivity index (χ4n) is 2.97. The summed E-state index contributed by atoms with van der Waals surface area (Å²) in [7, 11) is 1.82. The van der Waals surface area contributed by atoms with Gasteiger partial charge >= 0.3 is 0 Å². The molecule has 142 valence electrons. The molecule has 3 heterocycles. The van der Waals surface area contributed by atoms with Gasteiger partial charge in [0, 0.05) is 36.3 Å². The van der Waals surface area contributed by atoms with Crippen molar-refractivity contribution in [2.45, 2.75) is 20.0 Å². The van der Waals surface area contributed by atoms with Gasteiger partial charge in [0.2, 0.25) is 0 Å². The van der Waals surface area contributed by atoms with Crippen LogP contribution in [0.25, 0.3) is 10.6 Å². The molecule has 0 saturated heterocycles. The minimum atomic E-state index is -0.00714. The average Bonchev–Trinajstić information content (AvgIpc) is 3.43. The van der Waals surface area contributed by atoms with Crippen molar-refractivity contribution >= 4 is 28.6 Å². The number of thiophene rings is 1. The van der Waals surface area contributed by atoms with Crippen molar-refractivity contribution in [3.05, 3.63) is 81.2 Å². The molecule has 0 spiro atoms. The van der Waals surface area contributed by atoms with E-state index in [4.69, 9.17) is 0 Å². The maximum atomic E-state index is 12.9. The van der Waals surface area contributed by atoms with E-state index in [2.05, 4.69) is 27.6 Å². The number of amides is 1. The SMILES string of the molecule is Cc1nc(-c2ccsc2)sc1C(=O)N(C)Cc1cnn(Cc2ccccc2)c1. The normalized spacial score (nSPS) is 10.9. The molecule has 1 aromatic carbocycles. The van der Waals surface area contributed by atoms with E-state index in [9.17, 15) is 4.79 Å². The molecule has 0 radical (unpaired) electrons. The third-order valence-corrected chi connectivity index (χ3v) is 6.28. The number of carbonyl (C=O) groups is 1. The van der Waals surface area contributed by atoms with E-state index < -0.39 is 0 Å². The second kappa shape index (κ2) is 8.08. The Labute approximate surface area is 171 Å². The third kappa shape index (κ3) is 4.05.